The Bertz CT molecular complexity index is 1590. The van der Waals surface area contributed by atoms with Gasteiger partial charge in [-0.25, -0.2) is 0 Å². The lowest BCUT2D eigenvalue weighted by molar-refractivity contribution is 0.431. The zero-order valence-corrected chi connectivity index (χ0v) is 17.3. The maximum Gasteiger partial charge on any atom is 0.262 e. The molecule has 0 bridgehead atoms. The monoisotopic (exact) mass is 441 g/mol. The van der Waals surface area contributed by atoms with Gasteiger partial charge < -0.3 is 9.84 Å². The first-order valence-corrected chi connectivity index (χ1v) is 10.0. The SMILES string of the molecule is O=c1[nH]c(=S)n(-c2ccc(Oc3ccccc3)cc2)c(O)c1C=c1ccc2c(c1)N=NN=2. The molecule has 9 heteroatoms. The normalized spacial score (nSPS) is 12.4. The molecule has 4 aromatic rings. The van der Waals surface area contributed by atoms with Crippen molar-refractivity contribution in [2.24, 2.45) is 15.4 Å². The molecule has 0 spiro atoms. The van der Waals surface area contributed by atoms with Crippen LogP contribution in [0.4, 0.5) is 5.69 Å². The highest BCUT2D eigenvalue weighted by atomic mass is 32.1. The van der Waals surface area contributed by atoms with E-state index in [4.69, 9.17) is 17.0 Å². The van der Waals surface area contributed by atoms with Gasteiger partial charge in [0.2, 0.25) is 5.88 Å². The molecule has 0 unspecified atom stereocenters. The second-order valence-corrected chi connectivity index (χ2v) is 7.31. The molecule has 0 radical (unpaired) electrons. The van der Waals surface area contributed by atoms with Gasteiger partial charge in [0, 0.05) is 0 Å². The summed E-state index contributed by atoms with van der Waals surface area (Å²) in [5.41, 5.74) is 0.728. The number of hydrogen-bond donors (Lipinski definition) is 2. The summed E-state index contributed by atoms with van der Waals surface area (Å²) in [5, 5.41) is 23.7. The van der Waals surface area contributed by atoms with E-state index in [1.807, 2.05) is 30.3 Å². The first-order valence-electron chi connectivity index (χ1n) is 9.61. The smallest absolute Gasteiger partial charge is 0.262 e. The van der Waals surface area contributed by atoms with Crippen LogP contribution in [0.5, 0.6) is 17.4 Å². The average molecular weight is 441 g/mol. The second kappa shape index (κ2) is 8.05. The highest BCUT2D eigenvalue weighted by Gasteiger charge is 2.13. The van der Waals surface area contributed by atoms with Crippen LogP contribution in [0.25, 0.3) is 11.8 Å². The minimum Gasteiger partial charge on any atom is -0.494 e. The van der Waals surface area contributed by atoms with Gasteiger partial charge in [-0.1, -0.05) is 24.3 Å². The Morgan fingerprint density at radius 3 is 2.53 bits per heavy atom. The fourth-order valence-corrected chi connectivity index (χ4v) is 3.56. The number of H-pyrrole nitrogens is 1. The lowest BCUT2D eigenvalue weighted by atomic mass is 10.2. The van der Waals surface area contributed by atoms with E-state index in [2.05, 4.69) is 20.4 Å². The van der Waals surface area contributed by atoms with Crippen LogP contribution in [0.15, 0.2) is 93.0 Å². The molecule has 2 N–H and O–H groups in total. The molecule has 0 aliphatic carbocycles. The van der Waals surface area contributed by atoms with E-state index in [0.29, 0.717) is 33.4 Å². The number of nitrogens with one attached hydrogen (secondary N) is 1. The van der Waals surface area contributed by atoms with Crippen molar-refractivity contribution in [3.05, 3.63) is 104 Å². The molecule has 1 aromatic heterocycles. The Morgan fingerprint density at radius 1 is 1.00 bits per heavy atom. The van der Waals surface area contributed by atoms with Gasteiger partial charge in [-0.2, -0.15) is 0 Å². The molecule has 1 aliphatic heterocycles. The van der Waals surface area contributed by atoms with Crippen LogP contribution >= 0.6 is 12.2 Å². The van der Waals surface area contributed by atoms with Crippen LogP contribution in [0.3, 0.4) is 0 Å². The third-order valence-corrected chi connectivity index (χ3v) is 5.09. The Kier molecular flexibility index (Phi) is 4.92. The van der Waals surface area contributed by atoms with Crippen LogP contribution in [-0.2, 0) is 0 Å². The molecule has 8 nitrogen and oxygen atoms in total. The van der Waals surface area contributed by atoms with Gasteiger partial charge in [-0.05, 0) is 77.3 Å². The molecule has 156 valence electrons. The predicted molar refractivity (Wildman–Crippen MR) is 121 cm³/mol. The molecule has 32 heavy (non-hydrogen) atoms. The van der Waals surface area contributed by atoms with Crippen LogP contribution in [-0.4, -0.2) is 14.7 Å². The van der Waals surface area contributed by atoms with Crippen molar-refractivity contribution in [2.45, 2.75) is 0 Å². The molecule has 0 fully saturated rings. The molecular formula is C23H15N5O3S. The fraction of sp³-hybridized carbons (Fsp3) is 0. The number of aromatic hydroxyl groups is 1. The number of aromatic nitrogens is 2. The second-order valence-electron chi connectivity index (χ2n) is 6.92. The van der Waals surface area contributed by atoms with E-state index >= 15 is 0 Å². The van der Waals surface area contributed by atoms with E-state index in [-0.39, 0.29) is 16.2 Å². The predicted octanol–water partition coefficient (Wildman–Crippen LogP) is 3.85. The Balaban J connectivity index is 1.55. The third kappa shape index (κ3) is 3.72. The zero-order valence-electron chi connectivity index (χ0n) is 16.5. The summed E-state index contributed by atoms with van der Waals surface area (Å²) < 4.78 is 7.26. The van der Waals surface area contributed by atoms with Crippen LogP contribution < -0.4 is 20.9 Å². The molecule has 0 amide bonds. The summed E-state index contributed by atoms with van der Waals surface area (Å²) in [6.07, 6.45) is 1.56. The minimum atomic E-state index is -0.500. The molecule has 0 saturated carbocycles. The molecular weight excluding hydrogens is 426 g/mol. The summed E-state index contributed by atoms with van der Waals surface area (Å²) >= 11 is 5.30. The number of aromatic amines is 1. The fourth-order valence-electron chi connectivity index (χ4n) is 3.28. The van der Waals surface area contributed by atoms with Gasteiger partial charge in [-0.15, -0.1) is 10.2 Å². The van der Waals surface area contributed by atoms with Crippen LogP contribution in [0.2, 0.25) is 0 Å². The van der Waals surface area contributed by atoms with Gasteiger partial charge >= 0.3 is 0 Å². The number of benzene rings is 3. The summed E-state index contributed by atoms with van der Waals surface area (Å²) in [4.78, 5) is 15.1. The van der Waals surface area contributed by atoms with Crippen molar-refractivity contribution < 1.29 is 9.84 Å². The van der Waals surface area contributed by atoms with Gasteiger partial charge in [0.25, 0.3) is 5.56 Å². The standard InChI is InChI=1S/C23H15N5O3S/c29-21-18(12-14-6-11-19-20(13-14)26-27-25-19)22(30)28(23(32)24-21)15-7-9-17(10-8-15)31-16-4-2-1-3-5-16/h1-13,30H,(H,24,29,32). The average Bonchev–Trinajstić information content (AvgIpc) is 3.26. The Morgan fingerprint density at radius 2 is 1.75 bits per heavy atom. The summed E-state index contributed by atoms with van der Waals surface area (Å²) in [6.45, 7) is 0. The first kappa shape index (κ1) is 19.6. The summed E-state index contributed by atoms with van der Waals surface area (Å²) in [6, 6.07) is 21.6. The van der Waals surface area contributed by atoms with Crippen molar-refractivity contribution in [1.29, 1.82) is 0 Å². The summed E-state index contributed by atoms with van der Waals surface area (Å²) in [5.74, 6) is 1.06. The number of nitrogens with zero attached hydrogens (tertiary/aromatic N) is 4. The lowest BCUT2D eigenvalue weighted by Crippen LogP contribution is -2.18. The zero-order chi connectivity index (χ0) is 22.1. The molecule has 3 aromatic carbocycles. The summed E-state index contributed by atoms with van der Waals surface area (Å²) in [7, 11) is 0. The maximum atomic E-state index is 12.5. The highest BCUT2D eigenvalue weighted by Crippen LogP contribution is 2.25. The van der Waals surface area contributed by atoms with E-state index in [1.54, 1.807) is 48.5 Å². The van der Waals surface area contributed by atoms with Crippen molar-refractivity contribution >= 4 is 24.0 Å². The van der Waals surface area contributed by atoms with Gasteiger partial charge in [-0.3, -0.25) is 14.3 Å². The Hall–Kier alpha value is -4.37. The molecule has 5 rings (SSSR count). The highest BCUT2D eigenvalue weighted by molar-refractivity contribution is 7.71. The number of ether oxygens (including phenoxy) is 1. The third-order valence-electron chi connectivity index (χ3n) is 4.81. The van der Waals surface area contributed by atoms with Crippen LogP contribution in [0, 0.1) is 4.77 Å². The first-order chi connectivity index (χ1) is 15.6. The minimum absolute atomic E-state index is 0.0648. The van der Waals surface area contributed by atoms with Crippen LogP contribution in [0.1, 0.15) is 5.56 Å². The molecule has 0 atom stereocenters. The topological polar surface area (TPSA) is 104 Å². The van der Waals surface area contributed by atoms with E-state index in [0.717, 1.165) is 0 Å². The molecule has 2 heterocycles. The molecule has 1 aliphatic rings. The largest absolute Gasteiger partial charge is 0.494 e. The quantitative estimate of drug-likeness (QED) is 0.469. The maximum absolute atomic E-state index is 12.5. The Labute approximate surface area is 186 Å². The van der Waals surface area contributed by atoms with Crippen molar-refractivity contribution in [1.82, 2.24) is 9.55 Å². The van der Waals surface area contributed by atoms with Gasteiger partial charge in [0.1, 0.15) is 28.1 Å². The van der Waals surface area contributed by atoms with E-state index in [1.165, 1.54) is 4.57 Å². The van der Waals surface area contributed by atoms with Crippen molar-refractivity contribution in [2.75, 3.05) is 0 Å². The van der Waals surface area contributed by atoms with Crippen molar-refractivity contribution in [3.63, 3.8) is 0 Å². The van der Waals surface area contributed by atoms with Gasteiger partial charge in [0.05, 0.1) is 5.69 Å². The lowest BCUT2D eigenvalue weighted by Gasteiger charge is -2.12. The van der Waals surface area contributed by atoms with E-state index in [9.17, 15) is 9.90 Å². The van der Waals surface area contributed by atoms with Crippen molar-refractivity contribution in [3.8, 4) is 23.1 Å². The number of para-hydroxylation sites is 1. The van der Waals surface area contributed by atoms with Gasteiger partial charge in [0.15, 0.2) is 4.77 Å². The molecule has 0 saturated heterocycles. The van der Waals surface area contributed by atoms with E-state index < -0.39 is 5.56 Å². The number of rotatable bonds is 4. The number of fused-ring (bicyclic) bond motifs is 1. The number of hydrogen-bond acceptors (Lipinski definition) is 7.